The first-order valence-corrected chi connectivity index (χ1v) is 7.20. The Morgan fingerprint density at radius 1 is 1.09 bits per heavy atom. The van der Waals surface area contributed by atoms with Crippen LogP contribution in [0.5, 0.6) is 11.6 Å². The van der Waals surface area contributed by atoms with Crippen LogP contribution in [0, 0.1) is 0 Å². The van der Waals surface area contributed by atoms with Crippen molar-refractivity contribution in [3.63, 3.8) is 0 Å². The molecule has 2 heterocycles. The normalized spacial score (nSPS) is 10.1. The fourth-order valence-corrected chi connectivity index (χ4v) is 2.08. The summed E-state index contributed by atoms with van der Waals surface area (Å²) >= 11 is 5.89. The van der Waals surface area contributed by atoms with Gasteiger partial charge in [-0.2, -0.15) is 4.98 Å². The number of hydrogen-bond acceptors (Lipinski definition) is 4. The molecule has 0 bridgehead atoms. The summed E-state index contributed by atoms with van der Waals surface area (Å²) in [7, 11) is 0. The highest BCUT2D eigenvalue weighted by molar-refractivity contribution is 6.31. The van der Waals surface area contributed by atoms with Gasteiger partial charge in [0.1, 0.15) is 11.6 Å². The molecule has 0 saturated carbocycles. The van der Waals surface area contributed by atoms with Crippen LogP contribution in [0.25, 0.3) is 0 Å². The van der Waals surface area contributed by atoms with Gasteiger partial charge in [0.15, 0.2) is 0 Å². The Bertz CT molecular complexity index is 825. The molecule has 0 unspecified atom stereocenters. The molecule has 3 rings (SSSR count). The fourth-order valence-electron chi connectivity index (χ4n) is 1.89. The summed E-state index contributed by atoms with van der Waals surface area (Å²) in [6.45, 7) is 0. The lowest BCUT2D eigenvalue weighted by Crippen LogP contribution is -2.12. The van der Waals surface area contributed by atoms with Gasteiger partial charge < -0.3 is 10.1 Å². The lowest BCUT2D eigenvalue weighted by molar-refractivity contribution is 0.102. The summed E-state index contributed by atoms with van der Waals surface area (Å²) < 4.78 is 5.58. The maximum atomic E-state index is 12.2. The Kier molecular flexibility index (Phi) is 4.49. The van der Waals surface area contributed by atoms with Crippen LogP contribution in [-0.2, 0) is 0 Å². The van der Waals surface area contributed by atoms with E-state index in [1.54, 1.807) is 67.0 Å². The van der Waals surface area contributed by atoms with E-state index < -0.39 is 0 Å². The molecule has 0 saturated heterocycles. The molecule has 0 aliphatic carbocycles. The van der Waals surface area contributed by atoms with Crippen molar-refractivity contribution in [3.8, 4) is 11.6 Å². The summed E-state index contributed by atoms with van der Waals surface area (Å²) in [6, 6.07) is 15.3. The molecular weight excluding hydrogens is 314 g/mol. The van der Waals surface area contributed by atoms with Crippen molar-refractivity contribution in [3.05, 3.63) is 77.6 Å². The van der Waals surface area contributed by atoms with Gasteiger partial charge in [0.25, 0.3) is 5.91 Å². The van der Waals surface area contributed by atoms with Crippen LogP contribution in [0.15, 0.2) is 67.0 Å². The van der Waals surface area contributed by atoms with Crippen LogP contribution in [0.3, 0.4) is 0 Å². The van der Waals surface area contributed by atoms with E-state index >= 15 is 0 Å². The first-order valence-electron chi connectivity index (χ1n) is 6.82. The van der Waals surface area contributed by atoms with Crippen LogP contribution in [0.4, 0.5) is 5.82 Å². The molecule has 0 spiro atoms. The second kappa shape index (κ2) is 6.89. The molecule has 0 radical (unpaired) electrons. The van der Waals surface area contributed by atoms with Crippen molar-refractivity contribution in [2.75, 3.05) is 5.32 Å². The summed E-state index contributed by atoms with van der Waals surface area (Å²) in [4.78, 5) is 20.4. The van der Waals surface area contributed by atoms with Crippen LogP contribution in [0.2, 0.25) is 5.02 Å². The number of rotatable bonds is 4. The predicted molar refractivity (Wildman–Crippen MR) is 88.0 cm³/mol. The molecule has 1 aromatic carbocycles. The predicted octanol–water partition coefficient (Wildman–Crippen LogP) is 4.17. The molecular formula is C17H12ClN3O2. The summed E-state index contributed by atoms with van der Waals surface area (Å²) in [6.07, 6.45) is 3.24. The average molecular weight is 326 g/mol. The van der Waals surface area contributed by atoms with Crippen molar-refractivity contribution in [2.45, 2.75) is 0 Å². The van der Waals surface area contributed by atoms with E-state index in [1.807, 2.05) is 0 Å². The molecule has 1 N–H and O–H groups in total. The third-order valence-corrected chi connectivity index (χ3v) is 3.14. The van der Waals surface area contributed by atoms with Crippen molar-refractivity contribution in [1.29, 1.82) is 0 Å². The lowest BCUT2D eigenvalue weighted by atomic mass is 10.2. The Hall–Kier alpha value is -2.92. The summed E-state index contributed by atoms with van der Waals surface area (Å²) in [5, 5.41) is 3.21. The van der Waals surface area contributed by atoms with Gasteiger partial charge in [0.2, 0.25) is 5.88 Å². The third kappa shape index (κ3) is 4.05. The zero-order valence-corrected chi connectivity index (χ0v) is 12.7. The molecule has 3 aromatic rings. The van der Waals surface area contributed by atoms with E-state index in [2.05, 4.69) is 15.3 Å². The summed E-state index contributed by atoms with van der Waals surface area (Å²) in [5.74, 6) is 1.02. The zero-order valence-electron chi connectivity index (χ0n) is 11.9. The van der Waals surface area contributed by atoms with E-state index in [9.17, 15) is 4.79 Å². The molecule has 0 atom stereocenters. The van der Waals surface area contributed by atoms with Gasteiger partial charge in [-0.15, -0.1) is 0 Å². The SMILES string of the molecule is O=C(Nc1cccc(Oc2cccnc2)n1)c1cccc(Cl)c1. The zero-order chi connectivity index (χ0) is 16.1. The van der Waals surface area contributed by atoms with Gasteiger partial charge >= 0.3 is 0 Å². The first-order chi connectivity index (χ1) is 11.2. The van der Waals surface area contributed by atoms with E-state index in [0.29, 0.717) is 28.0 Å². The molecule has 0 aliphatic heterocycles. The minimum absolute atomic E-state index is 0.293. The van der Waals surface area contributed by atoms with E-state index in [0.717, 1.165) is 0 Å². The number of halogens is 1. The second-order valence-corrected chi connectivity index (χ2v) is 5.05. The number of hydrogen-bond donors (Lipinski definition) is 1. The van der Waals surface area contributed by atoms with Gasteiger partial charge in [0, 0.05) is 22.8 Å². The fraction of sp³-hybridized carbons (Fsp3) is 0. The molecule has 5 nitrogen and oxygen atoms in total. The molecule has 0 fully saturated rings. The van der Waals surface area contributed by atoms with Crippen molar-refractivity contribution < 1.29 is 9.53 Å². The van der Waals surface area contributed by atoms with E-state index in [4.69, 9.17) is 16.3 Å². The molecule has 114 valence electrons. The number of amides is 1. The van der Waals surface area contributed by atoms with Crippen molar-refractivity contribution in [2.24, 2.45) is 0 Å². The Balaban J connectivity index is 1.74. The number of pyridine rings is 2. The van der Waals surface area contributed by atoms with Gasteiger partial charge in [-0.3, -0.25) is 9.78 Å². The minimum Gasteiger partial charge on any atom is -0.437 e. The number of anilines is 1. The maximum absolute atomic E-state index is 12.2. The molecule has 6 heteroatoms. The molecule has 23 heavy (non-hydrogen) atoms. The number of nitrogens with one attached hydrogen (secondary N) is 1. The Labute approximate surface area is 137 Å². The monoisotopic (exact) mass is 325 g/mol. The van der Waals surface area contributed by atoms with Gasteiger partial charge in [0.05, 0.1) is 6.20 Å². The average Bonchev–Trinajstić information content (AvgIpc) is 2.56. The number of carbonyl (C=O) groups excluding carboxylic acids is 1. The molecule has 2 aromatic heterocycles. The highest BCUT2D eigenvalue weighted by Gasteiger charge is 2.08. The second-order valence-electron chi connectivity index (χ2n) is 4.62. The van der Waals surface area contributed by atoms with Gasteiger partial charge in [-0.1, -0.05) is 23.7 Å². The van der Waals surface area contributed by atoms with Crippen LogP contribution in [-0.4, -0.2) is 15.9 Å². The van der Waals surface area contributed by atoms with Gasteiger partial charge in [-0.05, 0) is 36.4 Å². The molecule has 0 aliphatic rings. The number of carbonyl (C=O) groups is 1. The number of aromatic nitrogens is 2. The van der Waals surface area contributed by atoms with E-state index in [1.165, 1.54) is 0 Å². The molecule has 1 amide bonds. The number of ether oxygens (including phenoxy) is 1. The van der Waals surface area contributed by atoms with Crippen molar-refractivity contribution >= 4 is 23.3 Å². The summed E-state index contributed by atoms with van der Waals surface area (Å²) in [5.41, 5.74) is 0.456. The van der Waals surface area contributed by atoms with Crippen LogP contribution in [0.1, 0.15) is 10.4 Å². The maximum Gasteiger partial charge on any atom is 0.256 e. The lowest BCUT2D eigenvalue weighted by Gasteiger charge is -2.08. The van der Waals surface area contributed by atoms with E-state index in [-0.39, 0.29) is 5.91 Å². The first kappa shape index (κ1) is 15.0. The number of nitrogens with zero attached hydrogens (tertiary/aromatic N) is 2. The smallest absolute Gasteiger partial charge is 0.256 e. The number of benzene rings is 1. The standard InChI is InChI=1S/C17H12ClN3O2/c18-13-5-1-4-12(10-13)17(22)21-15-7-2-8-16(20-15)23-14-6-3-9-19-11-14/h1-11H,(H,20,21,22). The quantitative estimate of drug-likeness (QED) is 0.781. The van der Waals surface area contributed by atoms with Gasteiger partial charge in [-0.25, -0.2) is 0 Å². The van der Waals surface area contributed by atoms with Crippen LogP contribution >= 0.6 is 11.6 Å². The topological polar surface area (TPSA) is 64.1 Å². The third-order valence-electron chi connectivity index (χ3n) is 2.91. The largest absolute Gasteiger partial charge is 0.437 e. The highest BCUT2D eigenvalue weighted by Crippen LogP contribution is 2.20. The van der Waals surface area contributed by atoms with Crippen LogP contribution < -0.4 is 10.1 Å². The van der Waals surface area contributed by atoms with Crippen molar-refractivity contribution in [1.82, 2.24) is 9.97 Å². The Morgan fingerprint density at radius 3 is 2.74 bits per heavy atom. The Morgan fingerprint density at radius 2 is 1.96 bits per heavy atom. The highest BCUT2D eigenvalue weighted by atomic mass is 35.5. The minimum atomic E-state index is -0.293.